The first kappa shape index (κ1) is 22.4. The molecule has 5 rings (SSSR count). The first-order chi connectivity index (χ1) is 16.4. The number of rotatable bonds is 5. The molecule has 1 saturated heterocycles. The molecule has 7 nitrogen and oxygen atoms in total. The Kier molecular flexibility index (Phi) is 6.02. The zero-order valence-corrected chi connectivity index (χ0v) is 19.3. The van der Waals surface area contributed by atoms with Crippen molar-refractivity contribution in [2.24, 2.45) is 17.8 Å². The summed E-state index contributed by atoms with van der Waals surface area (Å²) in [5.74, 6) is -1.87. The summed E-state index contributed by atoms with van der Waals surface area (Å²) in [6.45, 7) is 2.79. The Labute approximate surface area is 199 Å². The van der Waals surface area contributed by atoms with Crippen molar-refractivity contribution in [3.8, 4) is 11.1 Å². The van der Waals surface area contributed by atoms with Crippen molar-refractivity contribution in [1.29, 1.82) is 0 Å². The van der Waals surface area contributed by atoms with E-state index in [1.54, 1.807) is 4.90 Å². The number of benzene rings is 2. The smallest absolute Gasteiger partial charge is 0.407 e. The van der Waals surface area contributed by atoms with E-state index in [1.165, 1.54) is 11.1 Å². The summed E-state index contributed by atoms with van der Waals surface area (Å²) < 4.78 is 5.67. The largest absolute Gasteiger partial charge is 0.481 e. The van der Waals surface area contributed by atoms with Gasteiger partial charge >= 0.3 is 12.1 Å². The van der Waals surface area contributed by atoms with Crippen LogP contribution in [0.2, 0.25) is 0 Å². The summed E-state index contributed by atoms with van der Waals surface area (Å²) >= 11 is 0. The lowest BCUT2D eigenvalue weighted by Crippen LogP contribution is -2.45. The van der Waals surface area contributed by atoms with Crippen molar-refractivity contribution in [2.75, 3.05) is 19.7 Å². The number of hydrogen-bond donors (Lipinski definition) is 2. The molecule has 178 valence electrons. The molecule has 4 atom stereocenters. The van der Waals surface area contributed by atoms with Gasteiger partial charge in [0, 0.05) is 25.0 Å². The maximum atomic E-state index is 13.1. The van der Waals surface area contributed by atoms with Crippen molar-refractivity contribution in [2.45, 2.75) is 38.1 Å². The molecule has 2 aromatic carbocycles. The molecule has 34 heavy (non-hydrogen) atoms. The van der Waals surface area contributed by atoms with E-state index < -0.39 is 18.0 Å². The predicted octanol–water partition coefficient (Wildman–Crippen LogP) is 3.87. The second-order valence-corrected chi connectivity index (χ2v) is 9.78. The van der Waals surface area contributed by atoms with E-state index in [0.29, 0.717) is 19.4 Å². The van der Waals surface area contributed by atoms with Gasteiger partial charge in [0.25, 0.3) is 0 Å². The van der Waals surface area contributed by atoms with E-state index in [1.807, 2.05) is 31.2 Å². The molecule has 1 saturated carbocycles. The normalized spacial score (nSPS) is 25.6. The maximum Gasteiger partial charge on any atom is 0.407 e. The van der Waals surface area contributed by atoms with Gasteiger partial charge in [-0.25, -0.2) is 4.79 Å². The molecule has 2 amide bonds. The topological polar surface area (TPSA) is 95.9 Å². The van der Waals surface area contributed by atoms with Crippen LogP contribution in [0.4, 0.5) is 4.79 Å². The van der Waals surface area contributed by atoms with Crippen LogP contribution >= 0.6 is 0 Å². The van der Waals surface area contributed by atoms with Crippen molar-refractivity contribution >= 4 is 18.0 Å². The summed E-state index contributed by atoms with van der Waals surface area (Å²) in [5, 5.41) is 12.3. The molecule has 1 heterocycles. The number of carbonyl (C=O) groups is 3. The lowest BCUT2D eigenvalue weighted by molar-refractivity contribution is -0.142. The Hall–Kier alpha value is -3.35. The fourth-order valence-corrected chi connectivity index (χ4v) is 5.92. The quantitative estimate of drug-likeness (QED) is 0.703. The predicted molar refractivity (Wildman–Crippen MR) is 126 cm³/mol. The SMILES string of the molecule is CC1CN(C(=O)[C@@H]2CCC[C@@H]2NC(=O)OCC2c3ccccc3-c3ccccc32)CC1C(=O)O. The van der Waals surface area contributed by atoms with Gasteiger partial charge < -0.3 is 20.1 Å². The second kappa shape index (κ2) is 9.12. The number of nitrogens with zero attached hydrogens (tertiary/aromatic N) is 1. The highest BCUT2D eigenvalue weighted by Crippen LogP contribution is 2.44. The van der Waals surface area contributed by atoms with Crippen LogP contribution in [0.3, 0.4) is 0 Å². The van der Waals surface area contributed by atoms with Crippen LogP contribution in [0.5, 0.6) is 0 Å². The van der Waals surface area contributed by atoms with Crippen LogP contribution in [0.25, 0.3) is 11.1 Å². The van der Waals surface area contributed by atoms with E-state index in [4.69, 9.17) is 4.74 Å². The number of hydrogen-bond acceptors (Lipinski definition) is 4. The number of carboxylic acid groups (broad SMARTS) is 1. The summed E-state index contributed by atoms with van der Waals surface area (Å²) in [5.41, 5.74) is 4.66. The molecular weight excluding hydrogens is 432 g/mol. The number of nitrogens with one attached hydrogen (secondary N) is 1. The van der Waals surface area contributed by atoms with Crippen molar-refractivity contribution in [3.63, 3.8) is 0 Å². The number of amides is 2. The molecule has 2 fully saturated rings. The Bertz CT molecular complexity index is 1070. The third-order valence-corrected chi connectivity index (χ3v) is 7.72. The van der Waals surface area contributed by atoms with Gasteiger partial charge in [0.1, 0.15) is 6.61 Å². The minimum atomic E-state index is -0.859. The Morgan fingerprint density at radius 2 is 1.62 bits per heavy atom. The first-order valence-electron chi connectivity index (χ1n) is 12.1. The van der Waals surface area contributed by atoms with E-state index in [-0.39, 0.29) is 42.9 Å². The van der Waals surface area contributed by atoms with E-state index in [0.717, 1.165) is 17.5 Å². The van der Waals surface area contributed by atoms with Crippen LogP contribution in [0.1, 0.15) is 43.2 Å². The van der Waals surface area contributed by atoms with Gasteiger partial charge in [0.05, 0.1) is 11.8 Å². The third kappa shape index (κ3) is 4.04. The van der Waals surface area contributed by atoms with Gasteiger partial charge in [-0.2, -0.15) is 0 Å². The number of carbonyl (C=O) groups excluding carboxylic acids is 2. The molecule has 0 radical (unpaired) electrons. The fraction of sp³-hybridized carbons (Fsp3) is 0.444. The lowest BCUT2D eigenvalue weighted by atomic mass is 9.98. The Morgan fingerprint density at radius 3 is 2.24 bits per heavy atom. The monoisotopic (exact) mass is 462 g/mol. The summed E-state index contributed by atoms with van der Waals surface area (Å²) in [4.78, 5) is 39.0. The van der Waals surface area contributed by atoms with E-state index >= 15 is 0 Å². The standard InChI is InChI=1S/C27H30N2O5/c1-16-13-29(14-22(16)26(31)32)25(30)21-11-6-12-24(21)28-27(33)34-15-23-19-9-4-2-7-17(19)18-8-3-5-10-20(18)23/h2-5,7-10,16,21-24H,6,11-15H2,1H3,(H,28,33)(H,31,32)/t16?,21-,22?,24+/m1/s1. The van der Waals surface area contributed by atoms with Crippen molar-refractivity contribution < 1.29 is 24.2 Å². The van der Waals surface area contributed by atoms with Crippen LogP contribution in [0.15, 0.2) is 48.5 Å². The molecule has 0 aromatic heterocycles. The average Bonchev–Trinajstić information content (AvgIpc) is 3.53. The molecule has 1 aliphatic heterocycles. The molecule has 0 spiro atoms. The van der Waals surface area contributed by atoms with Crippen molar-refractivity contribution in [1.82, 2.24) is 10.2 Å². The van der Waals surface area contributed by atoms with Gasteiger partial charge in [-0.1, -0.05) is 61.9 Å². The molecule has 2 aromatic rings. The van der Waals surface area contributed by atoms with Crippen LogP contribution < -0.4 is 5.32 Å². The zero-order chi connectivity index (χ0) is 23.8. The summed E-state index contributed by atoms with van der Waals surface area (Å²) in [7, 11) is 0. The van der Waals surface area contributed by atoms with E-state index in [2.05, 4.69) is 29.6 Å². The molecular formula is C27H30N2O5. The number of fused-ring (bicyclic) bond motifs is 3. The second-order valence-electron chi connectivity index (χ2n) is 9.78. The van der Waals surface area contributed by atoms with Gasteiger partial charge in [0.15, 0.2) is 0 Å². The van der Waals surface area contributed by atoms with Crippen LogP contribution in [-0.2, 0) is 14.3 Å². The van der Waals surface area contributed by atoms with E-state index in [9.17, 15) is 19.5 Å². The minimum absolute atomic E-state index is 0.0156. The third-order valence-electron chi connectivity index (χ3n) is 7.72. The minimum Gasteiger partial charge on any atom is -0.481 e. The highest BCUT2D eigenvalue weighted by atomic mass is 16.5. The number of alkyl carbamates (subject to hydrolysis) is 1. The maximum absolute atomic E-state index is 13.1. The number of ether oxygens (including phenoxy) is 1. The number of likely N-dealkylation sites (tertiary alicyclic amines) is 1. The molecule has 2 N–H and O–H groups in total. The summed E-state index contributed by atoms with van der Waals surface area (Å²) in [6.07, 6.45) is 1.74. The van der Waals surface area contributed by atoms with Crippen LogP contribution in [0, 0.1) is 17.8 Å². The van der Waals surface area contributed by atoms with Crippen LogP contribution in [-0.4, -0.2) is 53.7 Å². The Balaban J connectivity index is 1.21. The molecule has 3 aliphatic rings. The zero-order valence-electron chi connectivity index (χ0n) is 19.3. The number of carboxylic acids is 1. The van der Waals surface area contributed by atoms with Crippen molar-refractivity contribution in [3.05, 3.63) is 59.7 Å². The van der Waals surface area contributed by atoms with Gasteiger partial charge in [-0.05, 0) is 41.0 Å². The summed E-state index contributed by atoms with van der Waals surface area (Å²) in [6, 6.07) is 16.1. The van der Waals surface area contributed by atoms with Gasteiger partial charge in [-0.3, -0.25) is 9.59 Å². The van der Waals surface area contributed by atoms with Gasteiger partial charge in [-0.15, -0.1) is 0 Å². The van der Waals surface area contributed by atoms with Gasteiger partial charge in [0.2, 0.25) is 5.91 Å². The average molecular weight is 463 g/mol. The Morgan fingerprint density at radius 1 is 0.971 bits per heavy atom. The lowest BCUT2D eigenvalue weighted by Gasteiger charge is -2.25. The highest BCUT2D eigenvalue weighted by molar-refractivity contribution is 5.83. The molecule has 2 aliphatic carbocycles. The number of aliphatic carboxylic acids is 1. The molecule has 0 bridgehead atoms. The molecule has 2 unspecified atom stereocenters. The highest BCUT2D eigenvalue weighted by Gasteiger charge is 2.42. The fourth-order valence-electron chi connectivity index (χ4n) is 5.92. The molecule has 7 heteroatoms. The first-order valence-corrected chi connectivity index (χ1v) is 12.1.